The zero-order chi connectivity index (χ0) is 76.3. The van der Waals surface area contributed by atoms with Gasteiger partial charge < -0.3 is 9.31 Å². The van der Waals surface area contributed by atoms with Crippen molar-refractivity contribution in [1.82, 2.24) is 44.9 Å². The van der Waals surface area contributed by atoms with Crippen LogP contribution in [0.4, 0.5) is 0 Å². The summed E-state index contributed by atoms with van der Waals surface area (Å²) in [5, 5.41) is 10.3. The molecule has 538 valence electrons. The third-order valence-corrected chi connectivity index (χ3v) is 21.0. The summed E-state index contributed by atoms with van der Waals surface area (Å²) in [5.41, 5.74) is 17.8. The van der Waals surface area contributed by atoms with E-state index in [1.54, 1.807) is 6.20 Å². The van der Waals surface area contributed by atoms with Crippen LogP contribution in [0.25, 0.3) is 167 Å². The number of fused-ring (bicyclic) bond motifs is 6. The first-order chi connectivity index (χ1) is 54.7. The predicted molar refractivity (Wildman–Crippen MR) is 460 cm³/mol. The van der Waals surface area contributed by atoms with E-state index in [9.17, 15) is 0 Å². The van der Waals surface area contributed by atoms with E-state index < -0.39 is 18.3 Å². The van der Waals surface area contributed by atoms with Gasteiger partial charge >= 0.3 is 7.12 Å². The molecular formula is C99H75BClN9O2. The maximum atomic E-state index is 6.60. The van der Waals surface area contributed by atoms with Crippen molar-refractivity contribution in [1.29, 1.82) is 0 Å². The molecule has 0 spiro atoms. The molecular weight excluding hydrogens is 1390 g/mol. The second-order valence-electron chi connectivity index (χ2n) is 29.0. The van der Waals surface area contributed by atoms with E-state index in [1.165, 1.54) is 43.1 Å². The van der Waals surface area contributed by atoms with Crippen LogP contribution in [0.3, 0.4) is 0 Å². The molecule has 0 radical (unpaired) electrons. The molecule has 0 unspecified atom stereocenters. The van der Waals surface area contributed by atoms with Crippen LogP contribution in [0, 0.1) is 13.8 Å². The summed E-state index contributed by atoms with van der Waals surface area (Å²) in [5.74, 6) is 3.72. The monoisotopic (exact) mass is 1470 g/mol. The number of rotatable bonds is 12. The number of benzene rings is 13. The number of hydrogen-bond donors (Lipinski definition) is 0. The lowest BCUT2D eigenvalue weighted by Gasteiger charge is -2.32. The van der Waals surface area contributed by atoms with Crippen LogP contribution < -0.4 is 5.46 Å². The molecule has 11 nitrogen and oxygen atoms in total. The minimum Gasteiger partial charge on any atom is -0.399 e. The second-order valence-corrected chi connectivity index (χ2v) is 29.4. The van der Waals surface area contributed by atoms with Crippen molar-refractivity contribution in [2.24, 2.45) is 0 Å². The Balaban J connectivity index is 0.000000139. The van der Waals surface area contributed by atoms with E-state index >= 15 is 0 Å². The molecule has 112 heavy (non-hydrogen) atoms. The number of aryl methyl sites for hydroxylation is 2. The molecule has 13 aromatic carbocycles. The average Bonchev–Trinajstić information content (AvgIpc) is 1.13. The maximum absolute atomic E-state index is 6.60. The maximum Gasteiger partial charge on any atom is 0.494 e. The highest BCUT2D eigenvalue weighted by molar-refractivity contribution is 6.62. The van der Waals surface area contributed by atoms with Gasteiger partial charge in [-0.3, -0.25) is 15.0 Å². The highest BCUT2D eigenvalue weighted by Crippen LogP contribution is 2.43. The summed E-state index contributed by atoms with van der Waals surface area (Å²) in [4.78, 5) is 43.5. The van der Waals surface area contributed by atoms with E-state index in [1.807, 2.05) is 172 Å². The van der Waals surface area contributed by atoms with Gasteiger partial charge in [-0.05, 0) is 196 Å². The smallest absolute Gasteiger partial charge is 0.399 e. The van der Waals surface area contributed by atoms with Crippen LogP contribution in [0.5, 0.6) is 0 Å². The number of hydrogen-bond acceptors (Lipinski definition) is 11. The van der Waals surface area contributed by atoms with Gasteiger partial charge in [-0.1, -0.05) is 279 Å². The van der Waals surface area contributed by atoms with Gasteiger partial charge in [0, 0.05) is 56.5 Å². The normalized spacial score (nSPS) is 12.8. The molecule has 1 fully saturated rings. The molecule has 0 bridgehead atoms. The van der Waals surface area contributed by atoms with Gasteiger partial charge in [0.25, 0.3) is 0 Å². The molecule has 0 N–H and O–H groups in total. The average molecular weight is 1470 g/mol. The SMILES string of the molecule is CC1(C)OB(c2cc(-c3nc(-c4ccccc4)nc(-c4ccccc4)n3)cc(-c3cc4ccccc4c4ccccc34)c2)OC1(C)C.Cc1cccc(-c2ccc(-c3cc(-c4nc(-c5ccccc5)nc(-c5ccccc5)n4)cc(-c4cc5ccccc5c5ccccc45)c3)cc2)n1.Cc1cccc(-c2ccc(Cl)cn2)n1. The van der Waals surface area contributed by atoms with Gasteiger partial charge in [-0.2, -0.15) is 0 Å². The Morgan fingerprint density at radius 3 is 1.04 bits per heavy atom. The summed E-state index contributed by atoms with van der Waals surface area (Å²) in [6.07, 6.45) is 1.63. The largest absolute Gasteiger partial charge is 0.494 e. The Labute approximate surface area is 656 Å². The molecule has 0 atom stereocenters. The molecule has 13 heteroatoms. The Morgan fingerprint density at radius 1 is 0.259 bits per heavy atom. The summed E-state index contributed by atoms with van der Waals surface area (Å²) in [6, 6.07) is 117. The zero-order valence-electron chi connectivity index (χ0n) is 62.7. The van der Waals surface area contributed by atoms with E-state index in [0.29, 0.717) is 40.0 Å². The predicted octanol–water partition coefficient (Wildman–Crippen LogP) is 24.1. The summed E-state index contributed by atoms with van der Waals surface area (Å²) >= 11 is 5.75. The van der Waals surface area contributed by atoms with Gasteiger partial charge in [0.2, 0.25) is 0 Å². The third-order valence-electron chi connectivity index (χ3n) is 20.8. The van der Waals surface area contributed by atoms with Crippen LogP contribution >= 0.6 is 11.6 Å². The number of pyridine rings is 3. The quantitative estimate of drug-likeness (QED) is 0.0854. The van der Waals surface area contributed by atoms with Crippen molar-refractivity contribution in [2.75, 3.05) is 0 Å². The van der Waals surface area contributed by atoms with Gasteiger partial charge in [0.1, 0.15) is 0 Å². The van der Waals surface area contributed by atoms with Gasteiger partial charge in [-0.15, -0.1) is 0 Å². The van der Waals surface area contributed by atoms with Crippen molar-refractivity contribution >= 4 is 67.3 Å². The lowest BCUT2D eigenvalue weighted by atomic mass is 9.76. The number of halogens is 1. The second kappa shape index (κ2) is 31.0. The van der Waals surface area contributed by atoms with Crippen LogP contribution in [-0.2, 0) is 9.31 Å². The minimum atomic E-state index is -0.561. The first kappa shape index (κ1) is 71.6. The molecule has 5 aromatic heterocycles. The highest BCUT2D eigenvalue weighted by atomic mass is 35.5. The fourth-order valence-corrected chi connectivity index (χ4v) is 14.5. The molecule has 6 heterocycles. The van der Waals surface area contributed by atoms with Crippen LogP contribution in [0.1, 0.15) is 39.1 Å². The lowest BCUT2D eigenvalue weighted by molar-refractivity contribution is 0.00578. The Kier molecular flexibility index (Phi) is 19.8. The van der Waals surface area contributed by atoms with Crippen LogP contribution in [-0.4, -0.2) is 63.2 Å². The van der Waals surface area contributed by atoms with Crippen molar-refractivity contribution in [3.63, 3.8) is 0 Å². The lowest BCUT2D eigenvalue weighted by Crippen LogP contribution is -2.41. The first-order valence-corrected chi connectivity index (χ1v) is 37.9. The first-order valence-electron chi connectivity index (χ1n) is 37.5. The van der Waals surface area contributed by atoms with E-state index in [0.717, 1.165) is 106 Å². The van der Waals surface area contributed by atoms with Crippen molar-refractivity contribution < 1.29 is 9.31 Å². The third kappa shape index (κ3) is 15.1. The number of nitrogens with zero attached hydrogens (tertiary/aromatic N) is 9. The summed E-state index contributed by atoms with van der Waals surface area (Å²) in [7, 11) is -0.561. The van der Waals surface area contributed by atoms with Crippen molar-refractivity contribution in [3.05, 3.63) is 362 Å². The van der Waals surface area contributed by atoms with Crippen molar-refractivity contribution in [2.45, 2.75) is 52.7 Å². The molecule has 0 saturated carbocycles. The molecule has 19 rings (SSSR count). The van der Waals surface area contributed by atoms with Gasteiger partial charge in [-0.25, -0.2) is 29.9 Å². The molecule has 1 saturated heterocycles. The fourth-order valence-electron chi connectivity index (χ4n) is 14.3. The zero-order valence-corrected chi connectivity index (χ0v) is 63.5. The van der Waals surface area contributed by atoms with Gasteiger partial charge in [0.05, 0.1) is 33.3 Å². The summed E-state index contributed by atoms with van der Waals surface area (Å²) < 4.78 is 13.2. The molecule has 1 aliphatic rings. The molecule has 1 aliphatic heterocycles. The highest BCUT2D eigenvalue weighted by Gasteiger charge is 2.52. The Morgan fingerprint density at radius 2 is 0.607 bits per heavy atom. The molecule has 0 amide bonds. The van der Waals surface area contributed by atoms with E-state index in [-0.39, 0.29) is 0 Å². The van der Waals surface area contributed by atoms with Crippen molar-refractivity contribution in [3.8, 4) is 124 Å². The fraction of sp³-hybridized carbons (Fsp3) is 0.0808. The Hall–Kier alpha value is -13.4. The topological polar surface area (TPSA) is 134 Å². The van der Waals surface area contributed by atoms with E-state index in [4.69, 9.17) is 55.8 Å². The van der Waals surface area contributed by atoms with E-state index in [2.05, 4.69) is 220 Å². The Bertz CT molecular complexity index is 6360. The van der Waals surface area contributed by atoms with Crippen LogP contribution in [0.15, 0.2) is 346 Å². The minimum absolute atomic E-state index is 0.488. The van der Waals surface area contributed by atoms with Crippen LogP contribution in [0.2, 0.25) is 5.02 Å². The standard InChI is InChI=1S/C47H32N4.C41H34BN3O2.C11H9ClN2/c1-31-13-12-22-44(48-31)33-25-23-32(24-26-33)37-27-38(43-30-36-18-8-9-19-40(36)41-20-10-11-21-42(41)43)29-39(28-37)47-50-45(34-14-4-2-5-15-34)49-46(51-47)35-16-6-3-7-17-35;1-40(2)41(3,4)47-42(46-40)32-24-30(36-26-29-19-11-12-20-33(29)34-21-13-14-22-35(34)36)23-31(25-32)39-44-37(27-15-7-5-8-16-27)43-38(45-39)28-17-9-6-10-18-28;1-8-3-2-4-11(14-8)10-6-5-9(12)7-13-10/h2-30H,1H3;5-26H,1-4H3;2-7H,1H3. The number of aromatic nitrogens is 9. The molecule has 0 aliphatic carbocycles. The van der Waals surface area contributed by atoms with Gasteiger partial charge in [0.15, 0.2) is 34.9 Å². The molecule has 18 aromatic rings. The summed E-state index contributed by atoms with van der Waals surface area (Å²) in [6.45, 7) is 12.3.